The summed E-state index contributed by atoms with van der Waals surface area (Å²) in [5.74, 6) is 0.873. The van der Waals surface area contributed by atoms with Gasteiger partial charge in [-0.2, -0.15) is 0 Å². The summed E-state index contributed by atoms with van der Waals surface area (Å²) in [4.78, 5) is 0. The third-order valence-electron chi connectivity index (χ3n) is 3.51. The first-order chi connectivity index (χ1) is 9.22. The Labute approximate surface area is 115 Å². The lowest BCUT2D eigenvalue weighted by Crippen LogP contribution is -2.37. The van der Waals surface area contributed by atoms with Crippen LogP contribution < -0.4 is 10.5 Å². The largest absolute Gasteiger partial charge is 0.494 e. The van der Waals surface area contributed by atoms with Gasteiger partial charge >= 0.3 is 0 Å². The fourth-order valence-corrected chi connectivity index (χ4v) is 2.40. The van der Waals surface area contributed by atoms with Gasteiger partial charge in [0.15, 0.2) is 0 Å². The normalized spacial score (nSPS) is 13.8. The number of ether oxygens (including phenoxy) is 1. The highest BCUT2D eigenvalue weighted by Crippen LogP contribution is 2.35. The third kappa shape index (κ3) is 2.64. The van der Waals surface area contributed by atoms with E-state index in [0.717, 1.165) is 23.3 Å². The van der Waals surface area contributed by atoms with Gasteiger partial charge in [-0.1, -0.05) is 55.5 Å². The zero-order chi connectivity index (χ0) is 13.7. The Morgan fingerprint density at radius 2 is 1.58 bits per heavy atom. The summed E-state index contributed by atoms with van der Waals surface area (Å²) in [6.45, 7) is 4.74. The molecule has 0 heterocycles. The third-order valence-corrected chi connectivity index (χ3v) is 3.51. The molecule has 0 saturated heterocycles. The summed E-state index contributed by atoms with van der Waals surface area (Å²) in [5, 5.41) is 0. The summed E-state index contributed by atoms with van der Waals surface area (Å²) in [6, 6.07) is 18.2. The molecule has 0 aliphatic carbocycles. The van der Waals surface area contributed by atoms with E-state index in [0.29, 0.717) is 6.61 Å². The average Bonchev–Trinajstić information content (AvgIpc) is 2.48. The molecule has 100 valence electrons. The SMILES string of the molecule is CCOc1ccccc1C(N)(CC)c1ccccc1. The van der Waals surface area contributed by atoms with Crippen LogP contribution in [0.3, 0.4) is 0 Å². The maximum atomic E-state index is 6.69. The Balaban J connectivity index is 2.53. The second-order valence-electron chi connectivity index (χ2n) is 4.62. The van der Waals surface area contributed by atoms with Crippen molar-refractivity contribution in [3.8, 4) is 5.75 Å². The Morgan fingerprint density at radius 1 is 0.947 bits per heavy atom. The molecule has 0 aliphatic heterocycles. The first kappa shape index (κ1) is 13.6. The second-order valence-corrected chi connectivity index (χ2v) is 4.62. The molecule has 1 atom stereocenters. The van der Waals surface area contributed by atoms with Crippen LogP contribution in [0, 0.1) is 0 Å². The number of hydrogen-bond acceptors (Lipinski definition) is 2. The molecular formula is C17H21NO. The highest BCUT2D eigenvalue weighted by atomic mass is 16.5. The van der Waals surface area contributed by atoms with Gasteiger partial charge in [0.25, 0.3) is 0 Å². The molecule has 2 heteroatoms. The lowest BCUT2D eigenvalue weighted by atomic mass is 9.81. The maximum Gasteiger partial charge on any atom is 0.124 e. The Bertz CT molecular complexity index is 524. The molecule has 0 radical (unpaired) electrons. The van der Waals surface area contributed by atoms with Gasteiger partial charge in [-0.25, -0.2) is 0 Å². The van der Waals surface area contributed by atoms with Crippen LogP contribution in [-0.4, -0.2) is 6.61 Å². The quantitative estimate of drug-likeness (QED) is 0.884. The topological polar surface area (TPSA) is 35.2 Å². The van der Waals surface area contributed by atoms with Gasteiger partial charge in [-0.05, 0) is 25.0 Å². The van der Waals surface area contributed by atoms with Crippen molar-refractivity contribution in [1.29, 1.82) is 0 Å². The van der Waals surface area contributed by atoms with Gasteiger partial charge in [0.2, 0.25) is 0 Å². The first-order valence-corrected chi connectivity index (χ1v) is 6.79. The van der Waals surface area contributed by atoms with E-state index in [4.69, 9.17) is 10.5 Å². The average molecular weight is 255 g/mol. The number of benzene rings is 2. The molecule has 0 fully saturated rings. The van der Waals surface area contributed by atoms with Crippen LogP contribution in [0.4, 0.5) is 0 Å². The van der Waals surface area contributed by atoms with E-state index in [2.05, 4.69) is 25.1 Å². The standard InChI is InChI=1S/C17H21NO/c1-3-17(18,14-10-6-5-7-11-14)15-12-8-9-13-16(15)19-4-2/h5-13H,3-4,18H2,1-2H3. The molecule has 0 amide bonds. The Morgan fingerprint density at radius 3 is 2.21 bits per heavy atom. The van der Waals surface area contributed by atoms with Crippen molar-refractivity contribution in [3.63, 3.8) is 0 Å². The zero-order valence-electron chi connectivity index (χ0n) is 11.6. The predicted molar refractivity (Wildman–Crippen MR) is 79.3 cm³/mol. The molecule has 0 aliphatic rings. The van der Waals surface area contributed by atoms with E-state index in [1.807, 2.05) is 43.3 Å². The van der Waals surface area contributed by atoms with Crippen LogP contribution in [-0.2, 0) is 5.54 Å². The van der Waals surface area contributed by atoms with E-state index in [1.165, 1.54) is 0 Å². The molecule has 1 unspecified atom stereocenters. The summed E-state index contributed by atoms with van der Waals surface area (Å²) in [5.41, 5.74) is 8.35. The molecule has 2 aromatic rings. The van der Waals surface area contributed by atoms with E-state index < -0.39 is 5.54 Å². The highest BCUT2D eigenvalue weighted by Gasteiger charge is 2.30. The van der Waals surface area contributed by atoms with E-state index in [-0.39, 0.29) is 0 Å². The predicted octanol–water partition coefficient (Wildman–Crippen LogP) is 3.70. The van der Waals surface area contributed by atoms with E-state index >= 15 is 0 Å². The second kappa shape index (κ2) is 5.89. The lowest BCUT2D eigenvalue weighted by molar-refractivity contribution is 0.327. The van der Waals surface area contributed by atoms with Gasteiger partial charge in [0.1, 0.15) is 5.75 Å². The van der Waals surface area contributed by atoms with Crippen LogP contribution in [0.1, 0.15) is 31.4 Å². The van der Waals surface area contributed by atoms with Crippen molar-refractivity contribution < 1.29 is 4.74 Å². The Kier molecular flexibility index (Phi) is 4.23. The summed E-state index contributed by atoms with van der Waals surface area (Å²) in [7, 11) is 0. The van der Waals surface area contributed by atoms with Crippen LogP contribution in [0.25, 0.3) is 0 Å². The van der Waals surface area contributed by atoms with E-state index in [9.17, 15) is 0 Å². The van der Waals surface area contributed by atoms with Crippen LogP contribution in [0.2, 0.25) is 0 Å². The van der Waals surface area contributed by atoms with Crippen LogP contribution in [0.15, 0.2) is 54.6 Å². The molecule has 19 heavy (non-hydrogen) atoms. The lowest BCUT2D eigenvalue weighted by Gasteiger charge is -2.31. The smallest absolute Gasteiger partial charge is 0.124 e. The minimum atomic E-state index is -0.507. The van der Waals surface area contributed by atoms with Gasteiger partial charge in [-0.15, -0.1) is 0 Å². The highest BCUT2D eigenvalue weighted by molar-refractivity contribution is 5.46. The zero-order valence-corrected chi connectivity index (χ0v) is 11.6. The van der Waals surface area contributed by atoms with Gasteiger partial charge in [0, 0.05) is 5.56 Å². The molecule has 0 aromatic heterocycles. The molecule has 2 N–H and O–H groups in total. The molecule has 0 bridgehead atoms. The minimum Gasteiger partial charge on any atom is -0.494 e. The molecule has 2 rings (SSSR count). The van der Waals surface area contributed by atoms with Crippen LogP contribution >= 0.6 is 0 Å². The number of nitrogens with two attached hydrogens (primary N) is 1. The molecule has 0 saturated carbocycles. The van der Waals surface area contributed by atoms with E-state index in [1.54, 1.807) is 0 Å². The maximum absolute atomic E-state index is 6.69. The Hall–Kier alpha value is -1.80. The summed E-state index contributed by atoms with van der Waals surface area (Å²) < 4.78 is 5.73. The fraction of sp³-hybridized carbons (Fsp3) is 0.294. The molecule has 0 spiro atoms. The van der Waals surface area contributed by atoms with Gasteiger partial charge in [-0.3, -0.25) is 0 Å². The number of rotatable bonds is 5. The van der Waals surface area contributed by atoms with Crippen LogP contribution in [0.5, 0.6) is 5.75 Å². The number of hydrogen-bond donors (Lipinski definition) is 1. The summed E-state index contributed by atoms with van der Waals surface area (Å²) in [6.07, 6.45) is 0.821. The van der Waals surface area contributed by atoms with Gasteiger partial charge in [0.05, 0.1) is 12.1 Å². The molecular weight excluding hydrogens is 234 g/mol. The number of para-hydroxylation sites is 1. The first-order valence-electron chi connectivity index (χ1n) is 6.79. The summed E-state index contributed by atoms with van der Waals surface area (Å²) >= 11 is 0. The van der Waals surface area contributed by atoms with Crippen molar-refractivity contribution in [3.05, 3.63) is 65.7 Å². The monoisotopic (exact) mass is 255 g/mol. The minimum absolute atomic E-state index is 0.507. The van der Waals surface area contributed by atoms with Crippen molar-refractivity contribution in [2.24, 2.45) is 5.73 Å². The van der Waals surface area contributed by atoms with Crippen molar-refractivity contribution >= 4 is 0 Å². The molecule has 2 nitrogen and oxygen atoms in total. The molecule has 2 aromatic carbocycles. The van der Waals surface area contributed by atoms with Crippen molar-refractivity contribution in [2.45, 2.75) is 25.8 Å². The van der Waals surface area contributed by atoms with Crippen molar-refractivity contribution in [2.75, 3.05) is 6.61 Å². The van der Waals surface area contributed by atoms with Gasteiger partial charge < -0.3 is 10.5 Å². The fourth-order valence-electron chi connectivity index (χ4n) is 2.40. The van der Waals surface area contributed by atoms with Crippen molar-refractivity contribution in [1.82, 2.24) is 0 Å².